The number of amides is 1. The van der Waals surface area contributed by atoms with Crippen molar-refractivity contribution in [2.75, 3.05) is 7.05 Å². The Bertz CT molecular complexity index is 733. The molecule has 2 unspecified atom stereocenters. The van der Waals surface area contributed by atoms with Crippen LogP contribution >= 0.6 is 0 Å². The number of aliphatic hydroxyl groups is 1. The molecule has 1 aromatic carbocycles. The highest BCUT2D eigenvalue weighted by Gasteiger charge is 2.44. The molecule has 6 heteroatoms. The second kappa shape index (κ2) is 5.46. The molecule has 116 valence electrons. The van der Waals surface area contributed by atoms with Crippen LogP contribution in [0, 0.1) is 0 Å². The Morgan fingerprint density at radius 1 is 1.41 bits per heavy atom. The normalized spacial score (nSPS) is 22.6. The number of aromatic amines is 1. The molecular formula is C16H19N3O3. The van der Waals surface area contributed by atoms with Gasteiger partial charge in [0.05, 0.1) is 0 Å². The predicted octanol–water partition coefficient (Wildman–Crippen LogP) is 1.35. The smallest absolute Gasteiger partial charge is 0.292 e. The van der Waals surface area contributed by atoms with Gasteiger partial charge in [-0.25, -0.2) is 4.99 Å². The monoisotopic (exact) mass is 301 g/mol. The average molecular weight is 301 g/mol. The number of carbonyl (C=O) groups excluding carboxylic acids is 1. The summed E-state index contributed by atoms with van der Waals surface area (Å²) in [5.41, 5.74) is 0.920. The SMILES string of the molecule is CN=C1NC(=O)C(C(C)(O)CCc2cccc3[nH]ccc23)O1. The first-order valence-corrected chi connectivity index (χ1v) is 7.23. The van der Waals surface area contributed by atoms with Crippen LogP contribution in [0.1, 0.15) is 18.9 Å². The van der Waals surface area contributed by atoms with E-state index >= 15 is 0 Å². The number of fused-ring (bicyclic) bond motifs is 1. The van der Waals surface area contributed by atoms with Gasteiger partial charge in [-0.1, -0.05) is 12.1 Å². The molecule has 1 saturated heterocycles. The number of aromatic nitrogens is 1. The third kappa shape index (κ3) is 2.57. The van der Waals surface area contributed by atoms with Crippen LogP contribution in [0.2, 0.25) is 0 Å². The maximum absolute atomic E-state index is 11.9. The Morgan fingerprint density at radius 3 is 2.95 bits per heavy atom. The number of amidine groups is 1. The number of nitrogens with one attached hydrogen (secondary N) is 2. The van der Waals surface area contributed by atoms with Gasteiger partial charge in [0.2, 0.25) is 6.10 Å². The topological polar surface area (TPSA) is 86.7 Å². The van der Waals surface area contributed by atoms with Crippen LogP contribution in [-0.2, 0) is 16.0 Å². The van der Waals surface area contributed by atoms with E-state index < -0.39 is 11.7 Å². The van der Waals surface area contributed by atoms with Crippen LogP contribution in [0.4, 0.5) is 0 Å². The summed E-state index contributed by atoms with van der Waals surface area (Å²) in [6, 6.07) is 8.18. The fourth-order valence-electron chi connectivity index (χ4n) is 2.77. The van der Waals surface area contributed by atoms with Crippen molar-refractivity contribution in [1.82, 2.24) is 10.3 Å². The Kier molecular flexibility index (Phi) is 3.62. The van der Waals surface area contributed by atoms with Gasteiger partial charge < -0.3 is 14.8 Å². The van der Waals surface area contributed by atoms with Gasteiger partial charge in [0.25, 0.3) is 11.9 Å². The Labute approximate surface area is 128 Å². The van der Waals surface area contributed by atoms with Crippen LogP contribution < -0.4 is 5.32 Å². The van der Waals surface area contributed by atoms with E-state index in [-0.39, 0.29) is 11.9 Å². The molecule has 1 amide bonds. The molecule has 1 fully saturated rings. The molecule has 2 aromatic rings. The summed E-state index contributed by atoms with van der Waals surface area (Å²) in [5.74, 6) is -0.356. The number of ether oxygens (including phenoxy) is 1. The van der Waals surface area contributed by atoms with E-state index in [0.717, 1.165) is 16.5 Å². The lowest BCUT2D eigenvalue weighted by molar-refractivity contribution is -0.134. The molecule has 2 heterocycles. The van der Waals surface area contributed by atoms with E-state index in [1.807, 2.05) is 30.5 Å². The van der Waals surface area contributed by atoms with Crippen molar-refractivity contribution in [3.63, 3.8) is 0 Å². The number of aryl methyl sites for hydroxylation is 1. The third-order valence-electron chi connectivity index (χ3n) is 4.05. The maximum Gasteiger partial charge on any atom is 0.292 e. The molecule has 3 rings (SSSR count). The zero-order chi connectivity index (χ0) is 15.7. The number of hydrogen-bond donors (Lipinski definition) is 3. The van der Waals surface area contributed by atoms with Crippen LogP contribution in [0.5, 0.6) is 0 Å². The molecule has 22 heavy (non-hydrogen) atoms. The summed E-state index contributed by atoms with van der Waals surface area (Å²) in [6.07, 6.45) is 2.01. The van der Waals surface area contributed by atoms with Crippen LogP contribution in [0.15, 0.2) is 35.5 Å². The number of aliphatic imine (C=N–C) groups is 1. The first kappa shape index (κ1) is 14.6. The highest BCUT2D eigenvalue weighted by atomic mass is 16.5. The molecule has 0 saturated carbocycles. The minimum absolute atomic E-state index is 0.156. The van der Waals surface area contributed by atoms with Gasteiger partial charge >= 0.3 is 0 Å². The summed E-state index contributed by atoms with van der Waals surface area (Å²) in [5, 5.41) is 14.3. The molecule has 6 nitrogen and oxygen atoms in total. The fraction of sp³-hybridized carbons (Fsp3) is 0.375. The highest BCUT2D eigenvalue weighted by Crippen LogP contribution is 2.26. The van der Waals surface area contributed by atoms with Crippen molar-refractivity contribution >= 4 is 22.8 Å². The second-order valence-electron chi connectivity index (χ2n) is 5.73. The van der Waals surface area contributed by atoms with Gasteiger partial charge in [-0.2, -0.15) is 0 Å². The first-order chi connectivity index (χ1) is 10.5. The number of nitrogens with zero attached hydrogens (tertiary/aromatic N) is 1. The molecule has 1 aromatic heterocycles. The van der Waals surface area contributed by atoms with Crippen molar-refractivity contribution < 1.29 is 14.6 Å². The minimum atomic E-state index is -1.27. The van der Waals surface area contributed by atoms with Crippen molar-refractivity contribution in [2.24, 2.45) is 4.99 Å². The molecule has 1 aliphatic heterocycles. The summed E-state index contributed by atoms with van der Waals surface area (Å²) in [4.78, 5) is 18.9. The zero-order valence-corrected chi connectivity index (χ0v) is 12.6. The van der Waals surface area contributed by atoms with E-state index in [0.29, 0.717) is 12.8 Å². The average Bonchev–Trinajstić information content (AvgIpc) is 3.11. The standard InChI is InChI=1S/C16H19N3O3/c1-16(21,13-14(20)19-15(17-2)22-13)8-6-10-4-3-5-12-11(10)7-9-18-12/h3-5,7,9,13,18,21H,6,8H2,1-2H3,(H,17,19,20). The van der Waals surface area contributed by atoms with E-state index in [9.17, 15) is 9.90 Å². The lowest BCUT2D eigenvalue weighted by atomic mass is 9.90. The number of H-pyrrole nitrogens is 1. The van der Waals surface area contributed by atoms with Gasteiger partial charge in [0.1, 0.15) is 5.60 Å². The van der Waals surface area contributed by atoms with E-state index in [2.05, 4.69) is 15.3 Å². The number of rotatable bonds is 4. The maximum atomic E-state index is 11.9. The molecule has 1 aliphatic rings. The van der Waals surface area contributed by atoms with Crippen LogP contribution in [-0.4, -0.2) is 40.8 Å². The van der Waals surface area contributed by atoms with Gasteiger partial charge in [0, 0.05) is 24.1 Å². The number of carbonyl (C=O) groups is 1. The molecule has 0 spiro atoms. The van der Waals surface area contributed by atoms with E-state index in [4.69, 9.17) is 4.74 Å². The largest absolute Gasteiger partial charge is 0.448 e. The molecule has 3 N–H and O–H groups in total. The van der Waals surface area contributed by atoms with Crippen molar-refractivity contribution in [1.29, 1.82) is 0 Å². The summed E-state index contributed by atoms with van der Waals surface area (Å²) < 4.78 is 5.38. The molecule has 0 aliphatic carbocycles. The van der Waals surface area contributed by atoms with Crippen molar-refractivity contribution in [2.45, 2.75) is 31.5 Å². The lowest BCUT2D eigenvalue weighted by Gasteiger charge is -2.27. The Morgan fingerprint density at radius 2 is 2.23 bits per heavy atom. The molecule has 0 bridgehead atoms. The molecule has 2 atom stereocenters. The molecule has 0 radical (unpaired) electrons. The zero-order valence-electron chi connectivity index (χ0n) is 12.6. The third-order valence-corrected chi connectivity index (χ3v) is 4.05. The van der Waals surface area contributed by atoms with E-state index in [1.165, 1.54) is 7.05 Å². The second-order valence-corrected chi connectivity index (χ2v) is 5.73. The van der Waals surface area contributed by atoms with Crippen LogP contribution in [0.25, 0.3) is 10.9 Å². The van der Waals surface area contributed by atoms with Gasteiger partial charge in [-0.3, -0.25) is 10.1 Å². The summed E-state index contributed by atoms with van der Waals surface area (Å²) in [7, 11) is 1.53. The Hall–Kier alpha value is -2.34. The van der Waals surface area contributed by atoms with Gasteiger partial charge in [-0.15, -0.1) is 0 Å². The summed E-state index contributed by atoms with van der Waals surface area (Å²) in [6.45, 7) is 1.62. The van der Waals surface area contributed by atoms with E-state index in [1.54, 1.807) is 6.92 Å². The lowest BCUT2D eigenvalue weighted by Crippen LogP contribution is -2.45. The number of benzene rings is 1. The Balaban J connectivity index is 1.75. The van der Waals surface area contributed by atoms with Crippen molar-refractivity contribution in [3.8, 4) is 0 Å². The fourth-order valence-corrected chi connectivity index (χ4v) is 2.77. The highest BCUT2D eigenvalue weighted by molar-refractivity contribution is 6.02. The van der Waals surface area contributed by atoms with Crippen molar-refractivity contribution in [3.05, 3.63) is 36.0 Å². The van der Waals surface area contributed by atoms with Gasteiger partial charge in [0.15, 0.2) is 0 Å². The quantitative estimate of drug-likeness (QED) is 0.796. The first-order valence-electron chi connectivity index (χ1n) is 7.23. The minimum Gasteiger partial charge on any atom is -0.448 e. The van der Waals surface area contributed by atoms with Crippen LogP contribution in [0.3, 0.4) is 0 Å². The van der Waals surface area contributed by atoms with Gasteiger partial charge in [-0.05, 0) is 37.5 Å². The molecular weight excluding hydrogens is 282 g/mol. The number of hydrogen-bond acceptors (Lipinski definition) is 4. The summed E-state index contributed by atoms with van der Waals surface area (Å²) >= 11 is 0. The predicted molar refractivity (Wildman–Crippen MR) is 83.6 cm³/mol.